The maximum atomic E-state index is 12.7. The molecule has 130 valence electrons. The van der Waals surface area contributed by atoms with Crippen LogP contribution < -0.4 is 0 Å². The quantitative estimate of drug-likeness (QED) is 0.538. The van der Waals surface area contributed by atoms with Crippen molar-refractivity contribution < 1.29 is 23.9 Å². The number of nitriles is 2. The summed E-state index contributed by atoms with van der Waals surface area (Å²) in [7, 11) is 0. The number of carbonyl (C=O) groups excluding carboxylic acids is 3. The van der Waals surface area contributed by atoms with Crippen molar-refractivity contribution in [3.63, 3.8) is 0 Å². The van der Waals surface area contributed by atoms with Gasteiger partial charge in [-0.3, -0.25) is 9.59 Å². The highest BCUT2D eigenvalue weighted by atomic mass is 16.6. The van der Waals surface area contributed by atoms with Crippen molar-refractivity contribution in [2.45, 2.75) is 46.5 Å². The normalized spacial score (nSPS) is 21.0. The first-order chi connectivity index (χ1) is 11.3. The van der Waals surface area contributed by atoms with E-state index in [0.29, 0.717) is 6.42 Å². The highest BCUT2D eigenvalue weighted by molar-refractivity contribution is 6.01. The molecule has 0 unspecified atom stereocenters. The fourth-order valence-electron chi connectivity index (χ4n) is 3.44. The Morgan fingerprint density at radius 2 is 1.54 bits per heavy atom. The molecule has 0 aromatic heterocycles. The summed E-state index contributed by atoms with van der Waals surface area (Å²) in [5.41, 5.74) is -3.41. The van der Waals surface area contributed by atoms with E-state index < -0.39 is 28.7 Å². The molecule has 1 fully saturated rings. The van der Waals surface area contributed by atoms with Gasteiger partial charge in [0.25, 0.3) is 0 Å². The third kappa shape index (κ3) is 3.26. The Morgan fingerprint density at radius 3 is 1.92 bits per heavy atom. The second-order valence-corrected chi connectivity index (χ2v) is 5.92. The first kappa shape index (κ1) is 19.6. The van der Waals surface area contributed by atoms with Gasteiger partial charge in [-0.1, -0.05) is 0 Å². The van der Waals surface area contributed by atoms with Crippen molar-refractivity contribution in [2.75, 3.05) is 13.2 Å². The molecule has 7 nitrogen and oxygen atoms in total. The molecule has 0 aliphatic heterocycles. The number of hydrogen-bond acceptors (Lipinski definition) is 7. The molecule has 0 spiro atoms. The smallest absolute Gasteiger partial charge is 0.323 e. The number of ketones is 1. The minimum Gasteiger partial charge on any atom is -0.465 e. The lowest BCUT2D eigenvalue weighted by Gasteiger charge is -2.45. The van der Waals surface area contributed by atoms with E-state index in [2.05, 4.69) is 0 Å². The summed E-state index contributed by atoms with van der Waals surface area (Å²) in [6, 6.07) is 3.88. The van der Waals surface area contributed by atoms with Crippen molar-refractivity contribution in [3.05, 3.63) is 0 Å². The lowest BCUT2D eigenvalue weighted by Crippen LogP contribution is -2.56. The van der Waals surface area contributed by atoms with Crippen LogP contribution in [0.5, 0.6) is 0 Å². The van der Waals surface area contributed by atoms with Crippen molar-refractivity contribution >= 4 is 17.7 Å². The number of Topliss-reactive ketones (excluding diaryl/α,β-unsaturated/α-hetero) is 1. The van der Waals surface area contributed by atoms with Crippen LogP contribution in [0.15, 0.2) is 0 Å². The zero-order valence-electron chi connectivity index (χ0n) is 14.3. The summed E-state index contributed by atoms with van der Waals surface area (Å²) in [6.07, 6.45) is 0.359. The molecule has 0 radical (unpaired) electrons. The van der Waals surface area contributed by atoms with Gasteiger partial charge in [0.1, 0.15) is 11.2 Å². The molecule has 0 aromatic carbocycles. The Kier molecular flexibility index (Phi) is 6.48. The van der Waals surface area contributed by atoms with Crippen LogP contribution in [0.25, 0.3) is 0 Å². The maximum absolute atomic E-state index is 12.7. The molecule has 1 rings (SSSR count). The third-order valence-electron chi connectivity index (χ3n) is 4.50. The molecule has 1 aliphatic rings. The predicted octanol–water partition coefficient (Wildman–Crippen LogP) is 1.91. The van der Waals surface area contributed by atoms with Gasteiger partial charge in [-0.2, -0.15) is 10.5 Å². The van der Waals surface area contributed by atoms with Gasteiger partial charge in [-0.05, 0) is 40.0 Å². The highest BCUT2D eigenvalue weighted by Gasteiger charge is 2.64. The molecule has 0 aromatic rings. The Hall–Kier alpha value is -2.41. The standard InChI is InChI=1S/C17H22N2O5/c1-4-23-14(21)17(15(22)24-5-2)8-6-7-16(10-18,11-19)13(17)9-12(3)20/h13H,4-9H2,1-3H3/t13-/m1/s1. The predicted molar refractivity (Wildman–Crippen MR) is 82.0 cm³/mol. The second kappa shape index (κ2) is 7.92. The molecule has 0 N–H and O–H groups in total. The number of esters is 2. The summed E-state index contributed by atoms with van der Waals surface area (Å²) in [6.45, 7) is 4.58. The molecule has 0 bridgehead atoms. The van der Waals surface area contributed by atoms with Crippen molar-refractivity contribution in [1.29, 1.82) is 10.5 Å². The first-order valence-electron chi connectivity index (χ1n) is 8.01. The fourth-order valence-corrected chi connectivity index (χ4v) is 3.44. The summed E-state index contributed by atoms with van der Waals surface area (Å²) in [4.78, 5) is 37.1. The van der Waals surface area contributed by atoms with E-state index in [1.54, 1.807) is 13.8 Å². The van der Waals surface area contributed by atoms with Gasteiger partial charge in [0.05, 0.1) is 25.4 Å². The topological polar surface area (TPSA) is 117 Å². The Morgan fingerprint density at radius 1 is 1.04 bits per heavy atom. The van der Waals surface area contributed by atoms with Crippen LogP contribution in [0.3, 0.4) is 0 Å². The molecular formula is C17H22N2O5. The van der Waals surface area contributed by atoms with Gasteiger partial charge in [0, 0.05) is 12.3 Å². The van der Waals surface area contributed by atoms with Gasteiger partial charge < -0.3 is 14.3 Å². The average molecular weight is 334 g/mol. The van der Waals surface area contributed by atoms with Gasteiger partial charge in [0.15, 0.2) is 5.41 Å². The van der Waals surface area contributed by atoms with Crippen LogP contribution in [-0.2, 0) is 23.9 Å². The van der Waals surface area contributed by atoms with E-state index in [1.807, 2.05) is 12.1 Å². The molecule has 24 heavy (non-hydrogen) atoms. The average Bonchev–Trinajstić information content (AvgIpc) is 2.55. The molecule has 0 saturated heterocycles. The summed E-state index contributed by atoms with van der Waals surface area (Å²) in [5.74, 6) is -3.06. The van der Waals surface area contributed by atoms with Crippen LogP contribution in [0.2, 0.25) is 0 Å². The van der Waals surface area contributed by atoms with Crippen LogP contribution in [0.1, 0.15) is 46.5 Å². The zero-order valence-corrected chi connectivity index (χ0v) is 14.3. The lowest BCUT2D eigenvalue weighted by molar-refractivity contribution is -0.183. The van der Waals surface area contributed by atoms with E-state index in [0.717, 1.165) is 0 Å². The lowest BCUT2D eigenvalue weighted by atomic mass is 9.53. The van der Waals surface area contributed by atoms with Gasteiger partial charge in [-0.15, -0.1) is 0 Å². The maximum Gasteiger partial charge on any atom is 0.323 e. The Labute approximate surface area is 141 Å². The monoisotopic (exact) mass is 334 g/mol. The summed E-state index contributed by atoms with van der Waals surface area (Å²) in [5, 5.41) is 19.2. The molecular weight excluding hydrogens is 312 g/mol. The van der Waals surface area contributed by atoms with E-state index in [1.165, 1.54) is 6.92 Å². The second-order valence-electron chi connectivity index (χ2n) is 5.92. The third-order valence-corrected chi connectivity index (χ3v) is 4.50. The molecule has 1 atom stereocenters. The van der Waals surface area contributed by atoms with Crippen LogP contribution in [0, 0.1) is 39.4 Å². The fraction of sp³-hybridized carbons (Fsp3) is 0.706. The Bertz CT molecular complexity index is 567. The number of ether oxygens (including phenoxy) is 2. The number of nitrogens with zero attached hydrogens (tertiary/aromatic N) is 2. The largest absolute Gasteiger partial charge is 0.465 e. The van der Waals surface area contributed by atoms with Crippen molar-refractivity contribution in [1.82, 2.24) is 0 Å². The van der Waals surface area contributed by atoms with Gasteiger partial charge >= 0.3 is 11.9 Å². The summed E-state index contributed by atoms with van der Waals surface area (Å²) >= 11 is 0. The van der Waals surface area contributed by atoms with Crippen molar-refractivity contribution in [3.8, 4) is 12.1 Å². The van der Waals surface area contributed by atoms with Crippen LogP contribution in [0.4, 0.5) is 0 Å². The molecule has 0 heterocycles. The van der Waals surface area contributed by atoms with Gasteiger partial charge in [-0.25, -0.2) is 0 Å². The minimum atomic E-state index is -1.80. The summed E-state index contributed by atoms with van der Waals surface area (Å²) < 4.78 is 10.2. The Balaban J connectivity index is 3.58. The number of carbonyl (C=O) groups is 3. The minimum absolute atomic E-state index is 0.0406. The van der Waals surface area contributed by atoms with Crippen LogP contribution >= 0.6 is 0 Å². The number of hydrogen-bond donors (Lipinski definition) is 0. The first-order valence-corrected chi connectivity index (χ1v) is 8.01. The van der Waals surface area contributed by atoms with E-state index in [4.69, 9.17) is 9.47 Å². The van der Waals surface area contributed by atoms with E-state index in [-0.39, 0.29) is 38.3 Å². The van der Waals surface area contributed by atoms with E-state index in [9.17, 15) is 24.9 Å². The number of rotatable bonds is 6. The molecule has 7 heteroatoms. The van der Waals surface area contributed by atoms with E-state index >= 15 is 0 Å². The van der Waals surface area contributed by atoms with Crippen molar-refractivity contribution in [2.24, 2.45) is 16.7 Å². The van der Waals surface area contributed by atoms with Gasteiger partial charge in [0.2, 0.25) is 0 Å². The molecule has 0 amide bonds. The molecule has 1 aliphatic carbocycles. The highest BCUT2D eigenvalue weighted by Crippen LogP contribution is 2.54. The molecule has 1 saturated carbocycles. The zero-order chi connectivity index (χ0) is 18.4. The van der Waals surface area contributed by atoms with Crippen LogP contribution in [-0.4, -0.2) is 30.9 Å². The SMILES string of the molecule is CCOC(=O)C1(C(=O)OCC)CCCC(C#N)(C#N)[C@H]1CC(C)=O.